The van der Waals surface area contributed by atoms with E-state index in [9.17, 15) is 14.3 Å². The molecule has 2 N–H and O–H groups in total. The molecule has 3 atom stereocenters. The van der Waals surface area contributed by atoms with Crippen LogP contribution in [0.4, 0.5) is 20.6 Å². The number of benzene rings is 1. The number of methoxy groups -OCH3 is 1. The van der Waals surface area contributed by atoms with Crippen molar-refractivity contribution in [1.82, 2.24) is 14.7 Å². The summed E-state index contributed by atoms with van der Waals surface area (Å²) in [6.07, 6.45) is 1.54. The molecule has 2 unspecified atom stereocenters. The van der Waals surface area contributed by atoms with Crippen molar-refractivity contribution in [3.05, 3.63) is 40.9 Å². The lowest BCUT2D eigenvalue weighted by Gasteiger charge is -2.35. The number of fused-ring (bicyclic) bond motifs is 1. The third-order valence-corrected chi connectivity index (χ3v) is 5.81. The van der Waals surface area contributed by atoms with Crippen LogP contribution in [0.5, 0.6) is 0 Å². The standard InChI is InChI=1S/C19H23ClFN5O3/c1-11-8-26-17(16(7-22-26)25-9-13(29-2)6-18(25)27)10-24(11)19(28)23-12-3-4-15(21)14(20)5-12/h3-5,7,11,13,18,27H,6,8-10H2,1-2H3,(H,23,28)/t11-,13?,18?/m0/s1. The number of nitrogens with zero attached hydrogens (tertiary/aromatic N) is 4. The zero-order chi connectivity index (χ0) is 20.7. The van der Waals surface area contributed by atoms with Gasteiger partial charge in [0.05, 0.1) is 47.8 Å². The average molecular weight is 424 g/mol. The summed E-state index contributed by atoms with van der Waals surface area (Å²) in [7, 11) is 1.63. The van der Waals surface area contributed by atoms with Crippen molar-refractivity contribution in [2.45, 2.75) is 44.8 Å². The second-order valence-electron chi connectivity index (χ2n) is 7.42. The first-order chi connectivity index (χ1) is 13.9. The first kappa shape index (κ1) is 19.9. The number of anilines is 2. The number of hydrogen-bond donors (Lipinski definition) is 2. The van der Waals surface area contributed by atoms with Crippen molar-refractivity contribution in [3.8, 4) is 0 Å². The number of aliphatic hydroxyl groups excluding tert-OH is 1. The molecule has 2 amide bonds. The third-order valence-electron chi connectivity index (χ3n) is 5.52. The van der Waals surface area contributed by atoms with Crippen molar-refractivity contribution in [2.75, 3.05) is 23.9 Å². The number of nitrogens with one attached hydrogen (secondary N) is 1. The maximum absolute atomic E-state index is 13.4. The summed E-state index contributed by atoms with van der Waals surface area (Å²) < 4.78 is 20.6. The van der Waals surface area contributed by atoms with E-state index in [-0.39, 0.29) is 23.2 Å². The van der Waals surface area contributed by atoms with Crippen LogP contribution in [0, 0.1) is 5.82 Å². The molecule has 0 bridgehead atoms. The highest BCUT2D eigenvalue weighted by molar-refractivity contribution is 6.31. The van der Waals surface area contributed by atoms with Gasteiger partial charge in [-0.3, -0.25) is 4.68 Å². The minimum Gasteiger partial charge on any atom is -0.379 e. The molecule has 8 nitrogen and oxygen atoms in total. The fraction of sp³-hybridized carbons (Fsp3) is 0.474. The van der Waals surface area contributed by atoms with Crippen LogP contribution in [0.2, 0.25) is 5.02 Å². The monoisotopic (exact) mass is 423 g/mol. The number of aliphatic hydroxyl groups is 1. The number of aromatic nitrogens is 2. The van der Waals surface area contributed by atoms with Crippen LogP contribution in [-0.2, 0) is 17.8 Å². The molecule has 156 valence electrons. The van der Waals surface area contributed by atoms with E-state index in [2.05, 4.69) is 10.4 Å². The number of urea groups is 1. The molecule has 29 heavy (non-hydrogen) atoms. The van der Waals surface area contributed by atoms with Gasteiger partial charge < -0.3 is 25.0 Å². The van der Waals surface area contributed by atoms with Crippen molar-refractivity contribution < 1.29 is 19.0 Å². The first-order valence-corrected chi connectivity index (χ1v) is 9.80. The molecule has 1 saturated heterocycles. The molecule has 2 aromatic rings. The second kappa shape index (κ2) is 7.81. The summed E-state index contributed by atoms with van der Waals surface area (Å²) in [6.45, 7) is 3.36. The van der Waals surface area contributed by atoms with Gasteiger partial charge in [-0.15, -0.1) is 0 Å². The summed E-state index contributed by atoms with van der Waals surface area (Å²) in [5.74, 6) is -0.539. The predicted molar refractivity (Wildman–Crippen MR) is 106 cm³/mol. The molecule has 4 rings (SSSR count). The molecule has 0 aliphatic carbocycles. The Morgan fingerprint density at radius 2 is 2.21 bits per heavy atom. The summed E-state index contributed by atoms with van der Waals surface area (Å²) >= 11 is 5.80. The quantitative estimate of drug-likeness (QED) is 0.793. The summed E-state index contributed by atoms with van der Waals surface area (Å²) in [5.41, 5.74) is 2.07. The minimum atomic E-state index is -0.656. The topological polar surface area (TPSA) is 82.9 Å². The predicted octanol–water partition coefficient (Wildman–Crippen LogP) is 2.66. The maximum Gasteiger partial charge on any atom is 0.322 e. The van der Waals surface area contributed by atoms with E-state index in [0.717, 1.165) is 11.4 Å². The minimum absolute atomic E-state index is 0.0503. The number of hydrogen-bond acceptors (Lipinski definition) is 5. The van der Waals surface area contributed by atoms with Crippen LogP contribution >= 0.6 is 11.6 Å². The molecule has 0 radical (unpaired) electrons. The molecule has 1 aromatic carbocycles. The molecule has 2 aliphatic rings. The molecular formula is C19H23ClFN5O3. The highest BCUT2D eigenvalue weighted by Crippen LogP contribution is 2.32. The molecule has 3 heterocycles. The van der Waals surface area contributed by atoms with Gasteiger partial charge in [0.2, 0.25) is 0 Å². The smallest absolute Gasteiger partial charge is 0.322 e. The SMILES string of the molecule is COC1CC(O)N(c2cnn3c2CN(C(=O)Nc2ccc(F)c(Cl)c2)[C@@H](C)C3)C1. The van der Waals surface area contributed by atoms with Crippen molar-refractivity contribution in [1.29, 1.82) is 0 Å². The molecule has 1 aromatic heterocycles. The van der Waals surface area contributed by atoms with E-state index in [1.54, 1.807) is 18.2 Å². The van der Waals surface area contributed by atoms with E-state index in [0.29, 0.717) is 31.7 Å². The molecule has 2 aliphatic heterocycles. The molecule has 1 fully saturated rings. The van der Waals surface area contributed by atoms with E-state index < -0.39 is 12.0 Å². The Kier molecular flexibility index (Phi) is 5.37. The van der Waals surface area contributed by atoms with Gasteiger partial charge in [-0.1, -0.05) is 11.6 Å². The van der Waals surface area contributed by atoms with Crippen LogP contribution in [0.1, 0.15) is 19.0 Å². The van der Waals surface area contributed by atoms with Crippen molar-refractivity contribution >= 4 is 29.0 Å². The van der Waals surface area contributed by atoms with Gasteiger partial charge in [-0.05, 0) is 25.1 Å². The Morgan fingerprint density at radius 3 is 2.90 bits per heavy atom. The van der Waals surface area contributed by atoms with Gasteiger partial charge >= 0.3 is 6.03 Å². The molecule has 0 spiro atoms. The summed E-state index contributed by atoms with van der Waals surface area (Å²) in [4.78, 5) is 16.4. The van der Waals surface area contributed by atoms with Crippen LogP contribution < -0.4 is 10.2 Å². The van der Waals surface area contributed by atoms with E-state index in [1.807, 2.05) is 16.5 Å². The summed E-state index contributed by atoms with van der Waals surface area (Å²) in [5, 5.41) is 17.6. The zero-order valence-electron chi connectivity index (χ0n) is 16.2. The van der Waals surface area contributed by atoms with Gasteiger partial charge in [0.1, 0.15) is 12.0 Å². The van der Waals surface area contributed by atoms with E-state index in [1.165, 1.54) is 18.2 Å². The first-order valence-electron chi connectivity index (χ1n) is 9.42. The largest absolute Gasteiger partial charge is 0.379 e. The number of rotatable bonds is 3. The van der Waals surface area contributed by atoms with Gasteiger partial charge in [0.15, 0.2) is 0 Å². The number of carbonyl (C=O) groups is 1. The Hall–Kier alpha value is -2.36. The van der Waals surface area contributed by atoms with E-state index >= 15 is 0 Å². The van der Waals surface area contributed by atoms with Crippen LogP contribution in [0.25, 0.3) is 0 Å². The lowest BCUT2D eigenvalue weighted by atomic mass is 10.2. The zero-order valence-corrected chi connectivity index (χ0v) is 16.9. The average Bonchev–Trinajstić information content (AvgIpc) is 3.26. The lowest BCUT2D eigenvalue weighted by Crippen LogP contribution is -2.47. The highest BCUT2D eigenvalue weighted by atomic mass is 35.5. The Bertz CT molecular complexity index is 923. The third kappa shape index (κ3) is 3.77. The molecular weight excluding hydrogens is 401 g/mol. The highest BCUT2D eigenvalue weighted by Gasteiger charge is 2.36. The van der Waals surface area contributed by atoms with Gasteiger partial charge in [-0.2, -0.15) is 5.10 Å². The van der Waals surface area contributed by atoms with Crippen LogP contribution in [-0.4, -0.2) is 57.8 Å². The van der Waals surface area contributed by atoms with E-state index in [4.69, 9.17) is 16.3 Å². The van der Waals surface area contributed by atoms with Crippen LogP contribution in [0.3, 0.4) is 0 Å². The van der Waals surface area contributed by atoms with Gasteiger partial charge in [-0.25, -0.2) is 9.18 Å². The number of carbonyl (C=O) groups excluding carboxylic acids is 1. The van der Waals surface area contributed by atoms with Crippen molar-refractivity contribution in [2.24, 2.45) is 0 Å². The van der Waals surface area contributed by atoms with Gasteiger partial charge in [0, 0.05) is 25.8 Å². The fourth-order valence-corrected chi connectivity index (χ4v) is 4.06. The maximum atomic E-state index is 13.4. The Morgan fingerprint density at radius 1 is 1.41 bits per heavy atom. The lowest BCUT2D eigenvalue weighted by molar-refractivity contribution is 0.0955. The molecule has 0 saturated carbocycles. The molecule has 10 heteroatoms. The fourth-order valence-electron chi connectivity index (χ4n) is 3.88. The normalized spacial score (nSPS) is 24.0. The van der Waals surface area contributed by atoms with Crippen molar-refractivity contribution in [3.63, 3.8) is 0 Å². The number of halogens is 2. The number of amides is 2. The second-order valence-corrected chi connectivity index (χ2v) is 7.83. The Labute approximate surface area is 172 Å². The number of ether oxygens (including phenoxy) is 1. The van der Waals surface area contributed by atoms with Gasteiger partial charge in [0.25, 0.3) is 0 Å². The van der Waals surface area contributed by atoms with Crippen LogP contribution in [0.15, 0.2) is 24.4 Å². The summed E-state index contributed by atoms with van der Waals surface area (Å²) in [6, 6.07) is 3.65. The Balaban J connectivity index is 1.53.